The summed E-state index contributed by atoms with van der Waals surface area (Å²) >= 11 is 1.46. The molecule has 126 valence electrons. The Hall–Kier alpha value is -2.60. The monoisotopic (exact) mass is 351 g/mol. The number of aryl methyl sites for hydroxylation is 1. The Bertz CT molecular complexity index is 933. The fraction of sp³-hybridized carbons (Fsp3) is 0.211. The molecular weight excluding hydrogens is 334 g/mol. The second-order valence-corrected chi connectivity index (χ2v) is 7.30. The third-order valence-corrected chi connectivity index (χ3v) is 5.44. The van der Waals surface area contributed by atoms with Crippen LogP contribution in [0.4, 0.5) is 5.69 Å². The van der Waals surface area contributed by atoms with Gasteiger partial charge in [0.15, 0.2) is 0 Å². The van der Waals surface area contributed by atoms with Gasteiger partial charge in [-0.25, -0.2) is 9.88 Å². The molecule has 1 fully saturated rings. The number of thioether (sulfide) groups is 1. The van der Waals surface area contributed by atoms with Crippen molar-refractivity contribution in [1.82, 2.24) is 9.97 Å². The lowest BCUT2D eigenvalue weighted by molar-refractivity contribution is -0.121. The highest BCUT2D eigenvalue weighted by Gasteiger charge is 2.39. The number of imidazole rings is 1. The van der Waals surface area contributed by atoms with E-state index in [1.807, 2.05) is 49.4 Å². The van der Waals surface area contributed by atoms with Gasteiger partial charge in [-0.15, -0.1) is 11.8 Å². The minimum absolute atomic E-state index is 0.141. The van der Waals surface area contributed by atoms with Crippen LogP contribution < -0.4 is 4.90 Å². The zero-order valence-electron chi connectivity index (χ0n) is 13.7. The zero-order chi connectivity index (χ0) is 17.4. The van der Waals surface area contributed by atoms with Crippen molar-refractivity contribution in [3.05, 3.63) is 59.9 Å². The van der Waals surface area contributed by atoms with Crippen LogP contribution in [0.25, 0.3) is 11.0 Å². The van der Waals surface area contributed by atoms with Gasteiger partial charge in [0.25, 0.3) is 0 Å². The van der Waals surface area contributed by atoms with E-state index in [4.69, 9.17) is 0 Å². The molecular formula is C19H17N3O2S. The molecule has 1 atom stereocenters. The molecule has 3 aromatic rings. The lowest BCUT2D eigenvalue weighted by Gasteiger charge is -2.15. The van der Waals surface area contributed by atoms with Gasteiger partial charge < -0.3 is 4.98 Å². The van der Waals surface area contributed by atoms with E-state index in [1.165, 1.54) is 16.7 Å². The zero-order valence-corrected chi connectivity index (χ0v) is 14.5. The van der Waals surface area contributed by atoms with Crippen molar-refractivity contribution < 1.29 is 9.59 Å². The summed E-state index contributed by atoms with van der Waals surface area (Å²) in [6.45, 7) is 1.95. The first kappa shape index (κ1) is 15.9. The summed E-state index contributed by atoms with van der Waals surface area (Å²) in [7, 11) is 0. The number of nitrogens with one attached hydrogen (secondary N) is 1. The average molecular weight is 351 g/mol. The summed E-state index contributed by atoms with van der Waals surface area (Å²) in [5.41, 5.74) is 3.57. The van der Waals surface area contributed by atoms with Gasteiger partial charge in [0, 0.05) is 6.42 Å². The Morgan fingerprint density at radius 1 is 1.20 bits per heavy atom. The lowest BCUT2D eigenvalue weighted by Crippen LogP contribution is -2.31. The largest absolute Gasteiger partial charge is 0.341 e. The van der Waals surface area contributed by atoms with E-state index < -0.39 is 0 Å². The molecule has 1 saturated heterocycles. The van der Waals surface area contributed by atoms with Crippen molar-refractivity contribution in [2.75, 3.05) is 4.90 Å². The number of aromatic amines is 1. The van der Waals surface area contributed by atoms with Crippen molar-refractivity contribution in [3.8, 4) is 0 Å². The molecule has 2 aromatic carbocycles. The molecule has 4 rings (SSSR count). The summed E-state index contributed by atoms with van der Waals surface area (Å²) in [4.78, 5) is 34.1. The number of para-hydroxylation sites is 2. The molecule has 0 bridgehead atoms. The van der Waals surface area contributed by atoms with Crippen LogP contribution in [-0.2, 0) is 15.3 Å². The summed E-state index contributed by atoms with van der Waals surface area (Å²) in [5, 5.41) is -0.360. The van der Waals surface area contributed by atoms with Crippen molar-refractivity contribution >= 4 is 40.3 Å². The fourth-order valence-corrected chi connectivity index (χ4v) is 4.03. The molecule has 1 aliphatic heterocycles. The van der Waals surface area contributed by atoms with Gasteiger partial charge in [-0.3, -0.25) is 9.59 Å². The molecule has 5 nitrogen and oxygen atoms in total. The van der Waals surface area contributed by atoms with Crippen LogP contribution in [0.3, 0.4) is 0 Å². The van der Waals surface area contributed by atoms with Crippen LogP contribution in [0.1, 0.15) is 17.8 Å². The molecule has 6 heteroatoms. The summed E-state index contributed by atoms with van der Waals surface area (Å²) in [6.07, 6.45) is 0.234. The van der Waals surface area contributed by atoms with Gasteiger partial charge in [-0.2, -0.15) is 0 Å². The molecule has 1 N–H and O–H groups in total. The van der Waals surface area contributed by atoms with E-state index in [-0.39, 0.29) is 23.5 Å². The third kappa shape index (κ3) is 3.05. The second-order valence-electron chi connectivity index (χ2n) is 6.11. The lowest BCUT2D eigenvalue weighted by atomic mass is 10.2. The number of benzene rings is 2. The SMILES string of the molecule is Cc1cccc(N2C(=O)C[C@@H](SCc3nc4ccccc4[nH]3)C2=O)c1. The van der Waals surface area contributed by atoms with Crippen LogP contribution in [-0.4, -0.2) is 27.0 Å². The first-order chi connectivity index (χ1) is 12.1. The predicted molar refractivity (Wildman–Crippen MR) is 99.5 cm³/mol. The number of amides is 2. The number of imide groups is 1. The maximum atomic E-state index is 12.7. The third-order valence-electron chi connectivity index (χ3n) is 4.22. The number of carbonyl (C=O) groups is 2. The van der Waals surface area contributed by atoms with E-state index >= 15 is 0 Å². The molecule has 2 amide bonds. The minimum Gasteiger partial charge on any atom is -0.341 e. The highest BCUT2D eigenvalue weighted by Crippen LogP contribution is 2.31. The molecule has 1 aliphatic rings. The minimum atomic E-state index is -0.360. The van der Waals surface area contributed by atoms with E-state index in [0.29, 0.717) is 11.4 Å². The molecule has 1 aromatic heterocycles. The summed E-state index contributed by atoms with van der Waals surface area (Å²) in [5.74, 6) is 1.11. The van der Waals surface area contributed by atoms with Crippen LogP contribution in [0.2, 0.25) is 0 Å². The van der Waals surface area contributed by atoms with Gasteiger partial charge >= 0.3 is 0 Å². The molecule has 2 heterocycles. The summed E-state index contributed by atoms with van der Waals surface area (Å²) < 4.78 is 0. The second kappa shape index (κ2) is 6.37. The molecule has 0 unspecified atom stereocenters. The fourth-order valence-electron chi connectivity index (χ4n) is 3.03. The van der Waals surface area contributed by atoms with Crippen LogP contribution >= 0.6 is 11.8 Å². The van der Waals surface area contributed by atoms with Crippen molar-refractivity contribution in [1.29, 1.82) is 0 Å². The maximum Gasteiger partial charge on any atom is 0.247 e. The van der Waals surface area contributed by atoms with Crippen molar-refractivity contribution in [2.45, 2.75) is 24.3 Å². The standard InChI is InChI=1S/C19H17N3O2S/c1-12-5-4-6-13(9-12)22-18(23)10-16(19(22)24)25-11-17-20-14-7-2-3-8-15(14)21-17/h2-9,16H,10-11H2,1H3,(H,20,21)/t16-/m1/s1. The number of H-pyrrole nitrogens is 1. The van der Waals surface area contributed by atoms with E-state index in [1.54, 1.807) is 6.07 Å². The molecule has 0 saturated carbocycles. The Labute approximate surface area is 149 Å². The number of fused-ring (bicyclic) bond motifs is 1. The number of nitrogens with zero attached hydrogens (tertiary/aromatic N) is 2. The molecule has 25 heavy (non-hydrogen) atoms. The smallest absolute Gasteiger partial charge is 0.247 e. The number of rotatable bonds is 4. The highest BCUT2D eigenvalue weighted by atomic mass is 32.2. The Kier molecular flexibility index (Phi) is 4.05. The van der Waals surface area contributed by atoms with Crippen LogP contribution in [0, 0.1) is 6.92 Å². The molecule has 0 aliphatic carbocycles. The van der Waals surface area contributed by atoms with Crippen molar-refractivity contribution in [3.63, 3.8) is 0 Å². The van der Waals surface area contributed by atoms with Crippen LogP contribution in [0.15, 0.2) is 48.5 Å². The predicted octanol–water partition coefficient (Wildman–Crippen LogP) is 3.44. The Balaban J connectivity index is 1.48. The average Bonchev–Trinajstić information content (AvgIpc) is 3.13. The number of hydrogen-bond acceptors (Lipinski definition) is 4. The van der Waals surface area contributed by atoms with Crippen molar-refractivity contribution in [2.24, 2.45) is 0 Å². The quantitative estimate of drug-likeness (QED) is 0.731. The maximum absolute atomic E-state index is 12.7. The van der Waals surface area contributed by atoms with E-state index in [0.717, 1.165) is 22.4 Å². The first-order valence-electron chi connectivity index (χ1n) is 8.10. The van der Waals surface area contributed by atoms with Gasteiger partial charge in [-0.05, 0) is 36.8 Å². The molecule has 0 spiro atoms. The highest BCUT2D eigenvalue weighted by molar-refractivity contribution is 7.99. The van der Waals surface area contributed by atoms with E-state index in [2.05, 4.69) is 9.97 Å². The number of anilines is 1. The van der Waals surface area contributed by atoms with Crippen LogP contribution in [0.5, 0.6) is 0 Å². The molecule has 0 radical (unpaired) electrons. The van der Waals surface area contributed by atoms with E-state index in [9.17, 15) is 9.59 Å². The van der Waals surface area contributed by atoms with Gasteiger partial charge in [0.1, 0.15) is 5.82 Å². The normalized spacial score (nSPS) is 17.6. The Morgan fingerprint density at radius 2 is 2.04 bits per heavy atom. The number of carbonyl (C=O) groups excluding carboxylic acids is 2. The Morgan fingerprint density at radius 3 is 2.84 bits per heavy atom. The number of hydrogen-bond donors (Lipinski definition) is 1. The van der Waals surface area contributed by atoms with Gasteiger partial charge in [0.05, 0.1) is 27.7 Å². The van der Waals surface area contributed by atoms with Gasteiger partial charge in [-0.1, -0.05) is 24.3 Å². The van der Waals surface area contributed by atoms with Gasteiger partial charge in [0.2, 0.25) is 11.8 Å². The topological polar surface area (TPSA) is 66.1 Å². The first-order valence-corrected chi connectivity index (χ1v) is 9.15. The number of aromatic nitrogens is 2. The summed E-state index contributed by atoms with van der Waals surface area (Å²) in [6, 6.07) is 15.3.